The largest absolute Gasteiger partial charge is 0.343 e. The number of anilines is 1. The molecule has 2 amide bonds. The van der Waals surface area contributed by atoms with Crippen molar-refractivity contribution in [3.8, 4) is 0 Å². The molecule has 2 aromatic rings. The van der Waals surface area contributed by atoms with Gasteiger partial charge in [0.15, 0.2) is 0 Å². The molecule has 0 aliphatic rings. The number of nitro groups is 1. The monoisotopic (exact) mass is 353 g/mol. The second kappa shape index (κ2) is 8.57. The van der Waals surface area contributed by atoms with E-state index < -0.39 is 10.8 Å². The predicted molar refractivity (Wildman–Crippen MR) is 99.7 cm³/mol. The Bertz CT molecular complexity index is 855. The van der Waals surface area contributed by atoms with Gasteiger partial charge in [-0.1, -0.05) is 30.3 Å². The minimum atomic E-state index is -0.518. The Morgan fingerprint density at radius 1 is 1.08 bits per heavy atom. The van der Waals surface area contributed by atoms with E-state index >= 15 is 0 Å². The lowest BCUT2D eigenvalue weighted by molar-refractivity contribution is -0.385. The van der Waals surface area contributed by atoms with Crippen LogP contribution < -0.4 is 10.6 Å². The van der Waals surface area contributed by atoms with Crippen molar-refractivity contribution in [3.05, 3.63) is 75.3 Å². The van der Waals surface area contributed by atoms with Gasteiger partial charge in [0.2, 0.25) is 11.8 Å². The molecule has 2 rings (SSSR count). The number of benzene rings is 2. The number of carbonyl (C=O) groups is 2. The average molecular weight is 353 g/mol. The molecular formula is C19H19N3O4. The van der Waals surface area contributed by atoms with Gasteiger partial charge >= 0.3 is 0 Å². The Kier molecular flexibility index (Phi) is 6.21. The average Bonchev–Trinajstić information content (AvgIpc) is 2.61. The molecule has 0 fully saturated rings. The molecule has 0 saturated heterocycles. The Labute approximate surface area is 150 Å². The first-order chi connectivity index (χ1) is 12.4. The minimum Gasteiger partial charge on any atom is -0.343 e. The van der Waals surface area contributed by atoms with Crippen molar-refractivity contribution in [2.45, 2.75) is 13.8 Å². The van der Waals surface area contributed by atoms with Gasteiger partial charge in [-0.05, 0) is 37.1 Å². The van der Waals surface area contributed by atoms with E-state index in [2.05, 4.69) is 10.6 Å². The van der Waals surface area contributed by atoms with Gasteiger partial charge in [0, 0.05) is 17.8 Å². The molecule has 0 aliphatic heterocycles. The number of aryl methyl sites for hydroxylation is 2. The molecule has 0 aromatic heterocycles. The fourth-order valence-electron chi connectivity index (χ4n) is 2.38. The fraction of sp³-hybridized carbons (Fsp3) is 0.158. The molecule has 0 saturated carbocycles. The first-order valence-electron chi connectivity index (χ1n) is 7.94. The van der Waals surface area contributed by atoms with Crippen molar-refractivity contribution in [3.63, 3.8) is 0 Å². The van der Waals surface area contributed by atoms with Crippen LogP contribution in [0.2, 0.25) is 0 Å². The van der Waals surface area contributed by atoms with Crippen molar-refractivity contribution in [1.82, 2.24) is 5.32 Å². The molecule has 7 nitrogen and oxygen atoms in total. The highest BCUT2D eigenvalue weighted by molar-refractivity contribution is 5.98. The van der Waals surface area contributed by atoms with Crippen LogP contribution in [-0.4, -0.2) is 23.3 Å². The number of nitrogens with zero attached hydrogens (tertiary/aromatic N) is 1. The van der Waals surface area contributed by atoms with Crippen molar-refractivity contribution in [2.75, 3.05) is 11.9 Å². The summed E-state index contributed by atoms with van der Waals surface area (Å²) in [7, 11) is 0. The van der Waals surface area contributed by atoms with Crippen LogP contribution in [0.5, 0.6) is 0 Å². The second-order valence-corrected chi connectivity index (χ2v) is 5.68. The smallest absolute Gasteiger partial charge is 0.276 e. The third-order valence-electron chi connectivity index (χ3n) is 3.72. The van der Waals surface area contributed by atoms with Gasteiger partial charge < -0.3 is 10.6 Å². The van der Waals surface area contributed by atoms with Gasteiger partial charge in [0.05, 0.1) is 17.0 Å². The van der Waals surface area contributed by atoms with Crippen LogP contribution in [0.15, 0.2) is 48.5 Å². The number of hydrogen-bond acceptors (Lipinski definition) is 4. The molecule has 7 heteroatoms. The SMILES string of the molecule is Cc1cccc(C)c1NC(=O)CNC(=O)/C=C/c1ccccc1[N+](=O)[O-]. The molecule has 0 spiro atoms. The van der Waals surface area contributed by atoms with Crippen LogP contribution in [0, 0.1) is 24.0 Å². The zero-order valence-electron chi connectivity index (χ0n) is 14.5. The molecule has 26 heavy (non-hydrogen) atoms. The first kappa shape index (κ1) is 18.9. The van der Waals surface area contributed by atoms with E-state index in [-0.39, 0.29) is 18.1 Å². The topological polar surface area (TPSA) is 101 Å². The van der Waals surface area contributed by atoms with E-state index in [1.165, 1.54) is 18.2 Å². The zero-order chi connectivity index (χ0) is 19.1. The van der Waals surface area contributed by atoms with Crippen molar-refractivity contribution in [2.24, 2.45) is 0 Å². The van der Waals surface area contributed by atoms with E-state index in [9.17, 15) is 19.7 Å². The summed E-state index contributed by atoms with van der Waals surface area (Å²) < 4.78 is 0. The molecule has 2 aromatic carbocycles. The number of para-hydroxylation sites is 2. The summed E-state index contributed by atoms with van der Waals surface area (Å²) in [6.45, 7) is 3.57. The first-order valence-corrected chi connectivity index (χ1v) is 7.94. The van der Waals surface area contributed by atoms with E-state index in [0.29, 0.717) is 5.56 Å². The van der Waals surface area contributed by atoms with Crippen LogP contribution in [0.3, 0.4) is 0 Å². The summed E-state index contributed by atoms with van der Waals surface area (Å²) in [5.41, 5.74) is 2.81. The summed E-state index contributed by atoms with van der Waals surface area (Å²) in [5.74, 6) is -0.866. The molecule has 0 heterocycles. The van der Waals surface area contributed by atoms with Gasteiger partial charge in [0.1, 0.15) is 0 Å². The maximum absolute atomic E-state index is 12.0. The van der Waals surface area contributed by atoms with Crippen LogP contribution in [-0.2, 0) is 9.59 Å². The standard InChI is InChI=1S/C19H19N3O4/c1-13-6-5-7-14(2)19(13)21-18(24)12-20-17(23)11-10-15-8-3-4-9-16(15)22(25)26/h3-11H,12H2,1-2H3,(H,20,23)(H,21,24)/b11-10+. The molecule has 134 valence electrons. The van der Waals surface area contributed by atoms with Gasteiger partial charge in [-0.2, -0.15) is 0 Å². The number of rotatable bonds is 6. The van der Waals surface area contributed by atoms with Crippen LogP contribution in [0.25, 0.3) is 6.08 Å². The van der Waals surface area contributed by atoms with Gasteiger partial charge in [0.25, 0.3) is 5.69 Å². The van der Waals surface area contributed by atoms with E-state index in [1.807, 2.05) is 32.0 Å². The highest BCUT2D eigenvalue weighted by atomic mass is 16.6. The quantitative estimate of drug-likeness (QED) is 0.473. The Balaban J connectivity index is 1.93. The number of hydrogen-bond donors (Lipinski definition) is 2. The fourth-order valence-corrected chi connectivity index (χ4v) is 2.38. The third kappa shape index (κ3) is 5.01. The minimum absolute atomic E-state index is 0.0932. The van der Waals surface area contributed by atoms with Gasteiger partial charge in [-0.3, -0.25) is 19.7 Å². The lowest BCUT2D eigenvalue weighted by Gasteiger charge is -2.11. The molecule has 0 aliphatic carbocycles. The lowest BCUT2D eigenvalue weighted by atomic mass is 10.1. The lowest BCUT2D eigenvalue weighted by Crippen LogP contribution is -2.32. The van der Waals surface area contributed by atoms with Crippen molar-refractivity contribution < 1.29 is 14.5 Å². The normalized spacial score (nSPS) is 10.5. The van der Waals surface area contributed by atoms with Crippen LogP contribution in [0.1, 0.15) is 16.7 Å². The molecule has 2 N–H and O–H groups in total. The van der Waals surface area contributed by atoms with Crippen molar-refractivity contribution in [1.29, 1.82) is 0 Å². The van der Waals surface area contributed by atoms with Crippen LogP contribution in [0.4, 0.5) is 11.4 Å². The highest BCUT2D eigenvalue weighted by Gasteiger charge is 2.11. The summed E-state index contributed by atoms with van der Waals surface area (Å²) in [6.07, 6.45) is 2.51. The van der Waals surface area contributed by atoms with E-state index in [0.717, 1.165) is 22.9 Å². The summed E-state index contributed by atoms with van der Waals surface area (Å²) in [4.78, 5) is 34.3. The second-order valence-electron chi connectivity index (χ2n) is 5.68. The Hall–Kier alpha value is -3.48. The van der Waals surface area contributed by atoms with Crippen molar-refractivity contribution >= 4 is 29.3 Å². The predicted octanol–water partition coefficient (Wildman–Crippen LogP) is 2.98. The van der Waals surface area contributed by atoms with Gasteiger partial charge in [-0.25, -0.2) is 0 Å². The maximum Gasteiger partial charge on any atom is 0.276 e. The molecule has 0 bridgehead atoms. The van der Waals surface area contributed by atoms with E-state index in [1.54, 1.807) is 12.1 Å². The summed E-state index contributed by atoms with van der Waals surface area (Å²) >= 11 is 0. The summed E-state index contributed by atoms with van der Waals surface area (Å²) in [5, 5.41) is 16.1. The summed E-state index contributed by atoms with van der Waals surface area (Å²) in [6, 6.07) is 11.8. The molecule has 0 radical (unpaired) electrons. The molecule has 0 unspecified atom stereocenters. The highest BCUT2D eigenvalue weighted by Crippen LogP contribution is 2.19. The number of amides is 2. The van der Waals surface area contributed by atoms with Gasteiger partial charge in [-0.15, -0.1) is 0 Å². The maximum atomic E-state index is 12.0. The Morgan fingerprint density at radius 3 is 2.38 bits per heavy atom. The number of nitrogens with one attached hydrogen (secondary N) is 2. The third-order valence-corrected chi connectivity index (χ3v) is 3.72. The molecular weight excluding hydrogens is 334 g/mol. The van der Waals surface area contributed by atoms with Crippen LogP contribution >= 0.6 is 0 Å². The molecule has 0 atom stereocenters. The van der Waals surface area contributed by atoms with E-state index in [4.69, 9.17) is 0 Å². The number of nitro benzene ring substituents is 1. The number of carbonyl (C=O) groups excluding carboxylic acids is 2. The Morgan fingerprint density at radius 2 is 1.73 bits per heavy atom. The zero-order valence-corrected chi connectivity index (χ0v) is 14.5.